The Labute approximate surface area is 109 Å². The Morgan fingerprint density at radius 1 is 1.33 bits per heavy atom. The van der Waals surface area contributed by atoms with Crippen molar-refractivity contribution in [2.45, 2.75) is 44.9 Å². The van der Waals surface area contributed by atoms with E-state index in [1.807, 2.05) is 4.90 Å². The first-order valence-electron chi connectivity index (χ1n) is 6.97. The van der Waals surface area contributed by atoms with Crippen LogP contribution in [0.2, 0.25) is 0 Å². The molecule has 0 aromatic rings. The monoisotopic (exact) mass is 255 g/mol. The summed E-state index contributed by atoms with van der Waals surface area (Å²) in [7, 11) is 0. The Hall–Kier alpha value is -0.650. The van der Waals surface area contributed by atoms with E-state index < -0.39 is 0 Å². The molecule has 0 aromatic heterocycles. The van der Waals surface area contributed by atoms with Gasteiger partial charge in [-0.15, -0.1) is 0 Å². The average molecular weight is 255 g/mol. The van der Waals surface area contributed by atoms with Crippen LogP contribution < -0.4 is 5.73 Å². The first kappa shape index (κ1) is 13.8. The van der Waals surface area contributed by atoms with E-state index in [4.69, 9.17) is 10.5 Å². The molecule has 5 heteroatoms. The SMILES string of the molecule is C[C@@H]1CN(C[C@H]2CCCN2C(=O)CN)C[C@@H](C)O1. The maximum atomic E-state index is 11.8. The molecule has 2 aliphatic heterocycles. The van der Waals surface area contributed by atoms with E-state index in [0.717, 1.165) is 39.0 Å². The minimum Gasteiger partial charge on any atom is -0.373 e. The van der Waals surface area contributed by atoms with E-state index in [-0.39, 0.29) is 24.7 Å². The van der Waals surface area contributed by atoms with Gasteiger partial charge in [0.2, 0.25) is 5.91 Å². The lowest BCUT2D eigenvalue weighted by molar-refractivity contribution is -0.131. The van der Waals surface area contributed by atoms with Crippen molar-refractivity contribution in [3.63, 3.8) is 0 Å². The standard InChI is InChI=1S/C13H25N3O2/c1-10-7-15(8-11(2)18-10)9-12-4-3-5-16(12)13(17)6-14/h10-12H,3-9,14H2,1-2H3/t10-,11-,12-/m1/s1. The normalized spacial score (nSPS) is 33.9. The van der Waals surface area contributed by atoms with Gasteiger partial charge in [0, 0.05) is 32.2 Å². The van der Waals surface area contributed by atoms with E-state index in [1.165, 1.54) is 0 Å². The highest BCUT2D eigenvalue weighted by Gasteiger charge is 2.31. The van der Waals surface area contributed by atoms with Gasteiger partial charge < -0.3 is 15.4 Å². The third kappa shape index (κ3) is 3.22. The fourth-order valence-corrected chi connectivity index (χ4v) is 3.20. The van der Waals surface area contributed by atoms with Crippen LogP contribution >= 0.6 is 0 Å². The molecule has 2 heterocycles. The zero-order valence-corrected chi connectivity index (χ0v) is 11.5. The molecule has 2 aliphatic rings. The largest absolute Gasteiger partial charge is 0.373 e. The van der Waals surface area contributed by atoms with Crippen molar-refractivity contribution < 1.29 is 9.53 Å². The van der Waals surface area contributed by atoms with Gasteiger partial charge >= 0.3 is 0 Å². The Morgan fingerprint density at radius 3 is 2.61 bits per heavy atom. The van der Waals surface area contributed by atoms with Crippen LogP contribution in [0.15, 0.2) is 0 Å². The van der Waals surface area contributed by atoms with Crippen LogP contribution in [0, 0.1) is 0 Å². The van der Waals surface area contributed by atoms with E-state index in [9.17, 15) is 4.79 Å². The van der Waals surface area contributed by atoms with E-state index in [0.29, 0.717) is 6.04 Å². The highest BCUT2D eigenvalue weighted by atomic mass is 16.5. The van der Waals surface area contributed by atoms with E-state index in [2.05, 4.69) is 18.7 Å². The van der Waals surface area contributed by atoms with Gasteiger partial charge in [-0.25, -0.2) is 0 Å². The maximum absolute atomic E-state index is 11.8. The topological polar surface area (TPSA) is 58.8 Å². The Balaban J connectivity index is 1.90. The predicted octanol–water partition coefficient (Wildman–Crippen LogP) is 0.0453. The summed E-state index contributed by atoms with van der Waals surface area (Å²) in [4.78, 5) is 16.1. The Morgan fingerprint density at radius 2 is 2.00 bits per heavy atom. The summed E-state index contributed by atoms with van der Waals surface area (Å²) in [6.07, 6.45) is 2.78. The smallest absolute Gasteiger partial charge is 0.236 e. The molecule has 0 bridgehead atoms. The fraction of sp³-hybridized carbons (Fsp3) is 0.923. The van der Waals surface area contributed by atoms with Crippen LogP contribution in [0.3, 0.4) is 0 Å². The molecule has 104 valence electrons. The molecule has 0 spiro atoms. The van der Waals surface area contributed by atoms with Crippen molar-refractivity contribution in [2.75, 3.05) is 32.7 Å². The highest BCUT2D eigenvalue weighted by molar-refractivity contribution is 5.78. The van der Waals surface area contributed by atoms with Gasteiger partial charge in [-0.2, -0.15) is 0 Å². The van der Waals surface area contributed by atoms with Gasteiger partial charge in [0.15, 0.2) is 0 Å². The van der Waals surface area contributed by atoms with Crippen molar-refractivity contribution in [3.8, 4) is 0 Å². The van der Waals surface area contributed by atoms with Crippen LogP contribution in [0.4, 0.5) is 0 Å². The number of nitrogens with two attached hydrogens (primary N) is 1. The fourth-order valence-electron chi connectivity index (χ4n) is 3.20. The van der Waals surface area contributed by atoms with Crippen molar-refractivity contribution in [1.82, 2.24) is 9.80 Å². The second kappa shape index (κ2) is 5.99. The molecule has 0 aromatic carbocycles. The van der Waals surface area contributed by atoms with Gasteiger partial charge in [-0.05, 0) is 26.7 Å². The van der Waals surface area contributed by atoms with Gasteiger partial charge in [-0.1, -0.05) is 0 Å². The molecule has 2 saturated heterocycles. The molecule has 0 aliphatic carbocycles. The van der Waals surface area contributed by atoms with Crippen LogP contribution in [0.1, 0.15) is 26.7 Å². The van der Waals surface area contributed by atoms with Crippen LogP contribution in [0.25, 0.3) is 0 Å². The second-order valence-electron chi connectivity index (χ2n) is 5.56. The van der Waals surface area contributed by atoms with Crippen LogP contribution in [0.5, 0.6) is 0 Å². The van der Waals surface area contributed by atoms with Gasteiger partial charge in [0.1, 0.15) is 0 Å². The number of ether oxygens (including phenoxy) is 1. The summed E-state index contributed by atoms with van der Waals surface area (Å²) < 4.78 is 5.73. The summed E-state index contributed by atoms with van der Waals surface area (Å²) in [6.45, 7) is 8.11. The Kier molecular flexibility index (Phi) is 4.59. The number of amides is 1. The molecule has 18 heavy (non-hydrogen) atoms. The zero-order valence-electron chi connectivity index (χ0n) is 11.5. The Bertz CT molecular complexity index is 288. The van der Waals surface area contributed by atoms with Crippen molar-refractivity contribution >= 4 is 5.91 Å². The third-order valence-electron chi connectivity index (χ3n) is 3.84. The second-order valence-corrected chi connectivity index (χ2v) is 5.56. The average Bonchev–Trinajstić information content (AvgIpc) is 2.74. The van der Waals surface area contributed by atoms with Crippen LogP contribution in [-0.2, 0) is 9.53 Å². The summed E-state index contributed by atoms with van der Waals surface area (Å²) >= 11 is 0. The summed E-state index contributed by atoms with van der Waals surface area (Å²) in [5.74, 6) is 0.0897. The molecular formula is C13H25N3O2. The molecule has 0 saturated carbocycles. The number of carbonyl (C=O) groups excluding carboxylic acids is 1. The summed E-state index contributed by atoms with van der Waals surface area (Å²) in [5.41, 5.74) is 5.47. The van der Waals surface area contributed by atoms with Gasteiger partial charge in [0.25, 0.3) is 0 Å². The van der Waals surface area contributed by atoms with E-state index in [1.54, 1.807) is 0 Å². The minimum absolute atomic E-state index is 0.0897. The number of rotatable bonds is 3. The predicted molar refractivity (Wildman–Crippen MR) is 70.2 cm³/mol. The number of hydrogen-bond donors (Lipinski definition) is 1. The molecule has 1 amide bonds. The maximum Gasteiger partial charge on any atom is 0.236 e. The van der Waals surface area contributed by atoms with Crippen molar-refractivity contribution in [1.29, 1.82) is 0 Å². The molecule has 5 nitrogen and oxygen atoms in total. The minimum atomic E-state index is 0.0897. The highest BCUT2D eigenvalue weighted by Crippen LogP contribution is 2.20. The van der Waals surface area contributed by atoms with Crippen LogP contribution in [-0.4, -0.2) is 66.7 Å². The summed E-state index contributed by atoms with van der Waals surface area (Å²) in [6, 6.07) is 0.346. The van der Waals surface area contributed by atoms with E-state index >= 15 is 0 Å². The molecule has 3 atom stereocenters. The quantitative estimate of drug-likeness (QED) is 0.774. The molecular weight excluding hydrogens is 230 g/mol. The van der Waals surface area contributed by atoms with Crippen molar-refractivity contribution in [3.05, 3.63) is 0 Å². The molecule has 0 unspecified atom stereocenters. The number of hydrogen-bond acceptors (Lipinski definition) is 4. The lowest BCUT2D eigenvalue weighted by atomic mass is 10.1. The number of nitrogens with zero attached hydrogens (tertiary/aromatic N) is 2. The first-order valence-corrected chi connectivity index (χ1v) is 6.97. The van der Waals surface area contributed by atoms with Crippen molar-refractivity contribution in [2.24, 2.45) is 5.73 Å². The third-order valence-corrected chi connectivity index (χ3v) is 3.84. The zero-order chi connectivity index (χ0) is 13.1. The number of carbonyl (C=O) groups is 1. The van der Waals surface area contributed by atoms with Gasteiger partial charge in [0.05, 0.1) is 18.8 Å². The van der Waals surface area contributed by atoms with Gasteiger partial charge in [-0.3, -0.25) is 9.69 Å². The first-order chi connectivity index (χ1) is 8.60. The molecule has 2 N–H and O–H groups in total. The lowest BCUT2D eigenvalue weighted by Gasteiger charge is -2.38. The molecule has 2 rings (SSSR count). The lowest BCUT2D eigenvalue weighted by Crippen LogP contribution is -2.51. The molecule has 0 radical (unpaired) electrons. The molecule has 2 fully saturated rings. The summed E-state index contributed by atoms with van der Waals surface area (Å²) in [5, 5.41) is 0. The number of morpholine rings is 1. The number of likely N-dealkylation sites (tertiary alicyclic amines) is 1.